The summed E-state index contributed by atoms with van der Waals surface area (Å²) in [5.41, 5.74) is 1.07. The number of nitrogens with zero attached hydrogens (tertiary/aromatic N) is 1. The molecule has 0 aliphatic carbocycles. The second-order valence-electron chi connectivity index (χ2n) is 3.94. The van der Waals surface area contributed by atoms with Gasteiger partial charge < -0.3 is 9.73 Å². The van der Waals surface area contributed by atoms with Gasteiger partial charge in [0.2, 0.25) is 0 Å². The van der Waals surface area contributed by atoms with Crippen LogP contribution in [0, 0.1) is 0 Å². The van der Waals surface area contributed by atoms with Crippen molar-refractivity contribution >= 4 is 0 Å². The number of piperidine rings is 1. The van der Waals surface area contributed by atoms with E-state index in [4.69, 9.17) is 4.42 Å². The maximum Gasteiger partial charge on any atom is 0.195 e. The van der Waals surface area contributed by atoms with Crippen molar-refractivity contribution in [3.05, 3.63) is 17.8 Å². The van der Waals surface area contributed by atoms with Gasteiger partial charge in [0, 0.05) is 12.5 Å². The molecular formula is C11H18N2O. The number of hydrogen-bond acceptors (Lipinski definition) is 3. The molecule has 1 N–H and O–H groups in total. The van der Waals surface area contributed by atoms with Crippen LogP contribution in [0.5, 0.6) is 0 Å². The van der Waals surface area contributed by atoms with Gasteiger partial charge in [-0.25, -0.2) is 4.98 Å². The smallest absolute Gasteiger partial charge is 0.195 e. The highest BCUT2D eigenvalue weighted by molar-refractivity contribution is 4.97. The molecule has 0 radical (unpaired) electrons. The topological polar surface area (TPSA) is 38.1 Å². The van der Waals surface area contributed by atoms with Crippen LogP contribution in [0.3, 0.4) is 0 Å². The van der Waals surface area contributed by atoms with E-state index in [1.165, 1.54) is 19.3 Å². The van der Waals surface area contributed by atoms with Gasteiger partial charge in [-0.15, -0.1) is 0 Å². The molecule has 1 aromatic rings. The second kappa shape index (κ2) is 4.60. The van der Waals surface area contributed by atoms with Gasteiger partial charge in [0.1, 0.15) is 6.26 Å². The molecule has 1 aromatic heterocycles. The molecule has 3 heteroatoms. The second-order valence-corrected chi connectivity index (χ2v) is 3.94. The van der Waals surface area contributed by atoms with Crippen molar-refractivity contribution in [2.75, 3.05) is 6.54 Å². The van der Waals surface area contributed by atoms with Crippen LogP contribution in [0.1, 0.15) is 37.8 Å². The van der Waals surface area contributed by atoms with Gasteiger partial charge in [0.25, 0.3) is 0 Å². The summed E-state index contributed by atoms with van der Waals surface area (Å²) in [4.78, 5) is 4.42. The molecule has 0 bridgehead atoms. The van der Waals surface area contributed by atoms with E-state index < -0.39 is 0 Å². The molecule has 0 aromatic carbocycles. The summed E-state index contributed by atoms with van der Waals surface area (Å²) in [5.74, 6) is 0.890. The molecule has 1 aliphatic heterocycles. The predicted octanol–water partition coefficient (Wildman–Crippen LogP) is 1.92. The minimum atomic E-state index is 0.576. The van der Waals surface area contributed by atoms with Gasteiger partial charge in [0.05, 0.1) is 5.69 Å². The van der Waals surface area contributed by atoms with Gasteiger partial charge in [-0.3, -0.25) is 0 Å². The zero-order valence-electron chi connectivity index (χ0n) is 8.75. The lowest BCUT2D eigenvalue weighted by atomic mass is 10.0. The third-order valence-electron chi connectivity index (χ3n) is 2.79. The molecule has 3 nitrogen and oxygen atoms in total. The summed E-state index contributed by atoms with van der Waals surface area (Å²) in [6.45, 7) is 3.24. The Kier molecular flexibility index (Phi) is 3.19. The minimum Gasteiger partial charge on any atom is -0.449 e. The first-order chi connectivity index (χ1) is 6.88. The molecule has 2 heterocycles. The maximum absolute atomic E-state index is 5.41. The summed E-state index contributed by atoms with van der Waals surface area (Å²) < 4.78 is 5.41. The lowest BCUT2D eigenvalue weighted by molar-refractivity contribution is 0.367. The Balaban J connectivity index is 1.89. The van der Waals surface area contributed by atoms with Crippen molar-refractivity contribution in [2.24, 2.45) is 0 Å². The lowest BCUT2D eigenvalue weighted by Crippen LogP contribution is -2.35. The Bertz CT molecular complexity index is 277. The van der Waals surface area contributed by atoms with E-state index >= 15 is 0 Å². The molecule has 0 amide bonds. The average Bonchev–Trinajstić information content (AvgIpc) is 2.67. The average molecular weight is 194 g/mol. The van der Waals surface area contributed by atoms with Crippen molar-refractivity contribution < 1.29 is 4.42 Å². The maximum atomic E-state index is 5.41. The van der Waals surface area contributed by atoms with E-state index in [1.807, 2.05) is 0 Å². The van der Waals surface area contributed by atoms with E-state index in [9.17, 15) is 0 Å². The van der Waals surface area contributed by atoms with Gasteiger partial charge >= 0.3 is 0 Å². The minimum absolute atomic E-state index is 0.576. The van der Waals surface area contributed by atoms with Gasteiger partial charge in [-0.05, 0) is 25.8 Å². The zero-order chi connectivity index (χ0) is 9.80. The van der Waals surface area contributed by atoms with E-state index in [1.54, 1.807) is 6.26 Å². The van der Waals surface area contributed by atoms with Crippen LogP contribution < -0.4 is 5.32 Å². The highest BCUT2D eigenvalue weighted by Crippen LogP contribution is 2.12. The molecule has 1 fully saturated rings. The lowest BCUT2D eigenvalue weighted by Gasteiger charge is -2.21. The third-order valence-corrected chi connectivity index (χ3v) is 2.79. The van der Waals surface area contributed by atoms with Crippen LogP contribution in [-0.4, -0.2) is 17.6 Å². The standard InChI is InChI=1S/C11H18N2O/c1-2-9-8-14-11(13-9)7-10-5-3-4-6-12-10/h8,10,12H,2-7H2,1H3. The fourth-order valence-electron chi connectivity index (χ4n) is 1.91. The fourth-order valence-corrected chi connectivity index (χ4v) is 1.91. The molecule has 0 saturated carbocycles. The summed E-state index contributed by atoms with van der Waals surface area (Å²) >= 11 is 0. The Labute approximate surface area is 84.9 Å². The van der Waals surface area contributed by atoms with Crippen LogP contribution in [0.15, 0.2) is 10.7 Å². The van der Waals surface area contributed by atoms with Crippen molar-refractivity contribution in [2.45, 2.75) is 45.1 Å². The Morgan fingerprint density at radius 2 is 2.50 bits per heavy atom. The molecule has 2 rings (SSSR count). The van der Waals surface area contributed by atoms with Crippen molar-refractivity contribution in [1.29, 1.82) is 0 Å². The van der Waals surface area contributed by atoms with E-state index in [2.05, 4.69) is 17.2 Å². The largest absolute Gasteiger partial charge is 0.449 e. The summed E-state index contributed by atoms with van der Waals surface area (Å²) in [6, 6.07) is 0.576. The fraction of sp³-hybridized carbons (Fsp3) is 0.727. The zero-order valence-corrected chi connectivity index (χ0v) is 8.75. The number of nitrogens with one attached hydrogen (secondary N) is 1. The molecule has 1 atom stereocenters. The first kappa shape index (κ1) is 9.71. The quantitative estimate of drug-likeness (QED) is 0.799. The van der Waals surface area contributed by atoms with Gasteiger partial charge in [0.15, 0.2) is 5.89 Å². The van der Waals surface area contributed by atoms with E-state index in [0.717, 1.165) is 31.0 Å². The number of hydrogen-bond donors (Lipinski definition) is 1. The van der Waals surface area contributed by atoms with Crippen molar-refractivity contribution in [1.82, 2.24) is 10.3 Å². The highest BCUT2D eigenvalue weighted by Gasteiger charge is 2.15. The molecule has 1 unspecified atom stereocenters. The molecule has 1 aliphatic rings. The molecule has 14 heavy (non-hydrogen) atoms. The van der Waals surface area contributed by atoms with Gasteiger partial charge in [-0.1, -0.05) is 13.3 Å². The van der Waals surface area contributed by atoms with Crippen molar-refractivity contribution in [3.63, 3.8) is 0 Å². The first-order valence-electron chi connectivity index (χ1n) is 5.55. The van der Waals surface area contributed by atoms with Crippen LogP contribution >= 0.6 is 0 Å². The van der Waals surface area contributed by atoms with E-state index in [0.29, 0.717) is 6.04 Å². The number of aryl methyl sites for hydroxylation is 1. The molecular weight excluding hydrogens is 176 g/mol. The SMILES string of the molecule is CCc1coc(CC2CCCCN2)n1. The Hall–Kier alpha value is -0.830. The van der Waals surface area contributed by atoms with Crippen LogP contribution in [0.2, 0.25) is 0 Å². The summed E-state index contributed by atoms with van der Waals surface area (Å²) in [5, 5.41) is 3.49. The number of oxazole rings is 1. The normalized spacial score (nSPS) is 22.5. The van der Waals surface area contributed by atoms with Gasteiger partial charge in [-0.2, -0.15) is 0 Å². The highest BCUT2D eigenvalue weighted by atomic mass is 16.3. The monoisotopic (exact) mass is 194 g/mol. The van der Waals surface area contributed by atoms with E-state index in [-0.39, 0.29) is 0 Å². The summed E-state index contributed by atoms with van der Waals surface area (Å²) in [6.07, 6.45) is 7.57. The van der Waals surface area contributed by atoms with Crippen LogP contribution in [0.25, 0.3) is 0 Å². The third kappa shape index (κ3) is 2.35. The predicted molar refractivity (Wildman–Crippen MR) is 55.2 cm³/mol. The molecule has 1 saturated heterocycles. The molecule has 0 spiro atoms. The number of aromatic nitrogens is 1. The Morgan fingerprint density at radius 1 is 1.57 bits per heavy atom. The molecule has 78 valence electrons. The number of rotatable bonds is 3. The van der Waals surface area contributed by atoms with Crippen molar-refractivity contribution in [3.8, 4) is 0 Å². The Morgan fingerprint density at radius 3 is 3.14 bits per heavy atom. The van der Waals surface area contributed by atoms with Crippen LogP contribution in [0.4, 0.5) is 0 Å². The first-order valence-corrected chi connectivity index (χ1v) is 5.55. The van der Waals surface area contributed by atoms with Crippen LogP contribution in [-0.2, 0) is 12.8 Å². The summed E-state index contributed by atoms with van der Waals surface area (Å²) in [7, 11) is 0.